The summed E-state index contributed by atoms with van der Waals surface area (Å²) in [5.41, 5.74) is 2.52. The zero-order valence-corrected chi connectivity index (χ0v) is 18.0. The van der Waals surface area contributed by atoms with Gasteiger partial charge in [-0.25, -0.2) is 0 Å². The van der Waals surface area contributed by atoms with Gasteiger partial charge < -0.3 is 25.2 Å². The summed E-state index contributed by atoms with van der Waals surface area (Å²) in [6.07, 6.45) is -1.95. The van der Waals surface area contributed by atoms with Crippen LogP contribution < -0.4 is 10.2 Å². The third-order valence-electron chi connectivity index (χ3n) is 3.47. The molecule has 6 nitrogen and oxygen atoms in total. The molecule has 136 valence electrons. The minimum Gasteiger partial charge on any atom is -0.652 e. The van der Waals surface area contributed by atoms with Crippen molar-refractivity contribution in [2.75, 3.05) is 0 Å². The quantitative estimate of drug-likeness (QED) is 0.762. The van der Waals surface area contributed by atoms with E-state index >= 15 is 0 Å². The van der Waals surface area contributed by atoms with Gasteiger partial charge in [0.2, 0.25) is 0 Å². The van der Waals surface area contributed by atoms with Crippen LogP contribution in [0, 0.1) is 0 Å². The van der Waals surface area contributed by atoms with Crippen LogP contribution in [-0.2, 0) is 22.0 Å². The zero-order valence-electron chi connectivity index (χ0n) is 15.8. The summed E-state index contributed by atoms with van der Waals surface area (Å²) >= 11 is 0. The predicted molar refractivity (Wildman–Crippen MR) is 92.6 cm³/mol. The molecule has 25 heavy (non-hydrogen) atoms. The number of carboxylic acids is 1. The topological polar surface area (TPSA) is 121 Å². The van der Waals surface area contributed by atoms with Crippen molar-refractivity contribution in [2.45, 2.75) is 65.2 Å². The van der Waals surface area contributed by atoms with Crippen LogP contribution >= 0.6 is 0 Å². The summed E-state index contributed by atoms with van der Waals surface area (Å²) in [4.78, 5) is 19.1. The van der Waals surface area contributed by atoms with Gasteiger partial charge in [0.1, 0.15) is 5.75 Å². The number of hydrogen-bond acceptors (Lipinski definition) is 5. The molecule has 1 rings (SSSR count). The van der Waals surface area contributed by atoms with Crippen molar-refractivity contribution in [3.05, 3.63) is 28.8 Å². The molecule has 7 heteroatoms. The van der Waals surface area contributed by atoms with Crippen LogP contribution in [0.15, 0.2) is 12.1 Å². The Labute approximate surface area is 178 Å². The monoisotopic (exact) mass is 378 g/mol. The van der Waals surface area contributed by atoms with Gasteiger partial charge in [0, 0.05) is 6.42 Å². The fourth-order valence-corrected chi connectivity index (χ4v) is 2.13. The molecule has 0 saturated carbocycles. The van der Waals surface area contributed by atoms with E-state index in [9.17, 15) is 9.90 Å². The smallest absolute Gasteiger partial charge is 0.652 e. The van der Waals surface area contributed by atoms with E-state index < -0.39 is 12.1 Å². The van der Waals surface area contributed by atoms with Crippen molar-refractivity contribution in [1.29, 1.82) is 0 Å². The molecular weight excluding hydrogens is 352 g/mol. The van der Waals surface area contributed by atoms with Crippen LogP contribution in [0.2, 0.25) is 0 Å². The first kappa shape index (κ1) is 26.3. The summed E-state index contributed by atoms with van der Waals surface area (Å²) < 4.78 is 0. The van der Waals surface area contributed by atoms with E-state index in [0.717, 1.165) is 16.7 Å². The Hall–Kier alpha value is -0.980. The molecule has 0 aliphatic heterocycles. The summed E-state index contributed by atoms with van der Waals surface area (Å²) in [6.45, 7) is 12.5. The molecule has 0 unspecified atom stereocenters. The van der Waals surface area contributed by atoms with Gasteiger partial charge in [-0.2, -0.15) is 0 Å². The van der Waals surface area contributed by atoms with E-state index in [2.05, 4.69) is 41.5 Å². The number of carbonyl (C=O) groups is 2. The molecule has 0 radical (unpaired) electrons. The number of phenolic OH excluding ortho intramolecular Hbond substituents is 1. The molecule has 1 aromatic rings. The van der Waals surface area contributed by atoms with E-state index in [1.54, 1.807) is 0 Å². The predicted octanol–water partition coefficient (Wildman–Crippen LogP) is 1.18. The maximum Gasteiger partial charge on any atom is 2.00 e. The zero-order chi connectivity index (χ0) is 19.3. The SMILES string of the molecule is CC(C)(C)c1cc(CCC(=O)O)c(O)c(C(C)(C)C)c1.O=C([O-])[O-].[Ca+2]. The number of aromatic hydroxyl groups is 1. The van der Waals surface area contributed by atoms with Crippen LogP contribution in [0.5, 0.6) is 5.75 Å². The Morgan fingerprint density at radius 1 is 1.00 bits per heavy atom. The van der Waals surface area contributed by atoms with Crippen molar-refractivity contribution >= 4 is 49.9 Å². The molecule has 0 atom stereocenters. The number of benzene rings is 1. The Kier molecular flexibility index (Phi) is 10.7. The molecule has 0 aliphatic rings. The Morgan fingerprint density at radius 3 is 1.76 bits per heavy atom. The maximum atomic E-state index is 10.8. The van der Waals surface area contributed by atoms with Gasteiger partial charge in [-0.3, -0.25) is 4.79 Å². The van der Waals surface area contributed by atoms with Gasteiger partial charge in [0.15, 0.2) is 0 Å². The van der Waals surface area contributed by atoms with Crippen LogP contribution in [0.1, 0.15) is 64.7 Å². The largest absolute Gasteiger partial charge is 2.00 e. The summed E-state index contributed by atoms with van der Waals surface area (Å²) in [5.74, 6) is -0.602. The number of aryl methyl sites for hydroxylation is 1. The fourth-order valence-electron chi connectivity index (χ4n) is 2.13. The van der Waals surface area contributed by atoms with E-state index in [1.165, 1.54) is 0 Å². The summed E-state index contributed by atoms with van der Waals surface area (Å²) in [7, 11) is 0. The number of phenols is 1. The third kappa shape index (κ3) is 9.92. The first-order valence-corrected chi connectivity index (χ1v) is 7.63. The second-order valence-corrected chi connectivity index (χ2v) is 7.68. The Bertz CT molecular complexity index is 593. The van der Waals surface area contributed by atoms with Crippen LogP contribution in [0.4, 0.5) is 4.79 Å². The van der Waals surface area contributed by atoms with Crippen LogP contribution in [0.3, 0.4) is 0 Å². The number of rotatable bonds is 3. The van der Waals surface area contributed by atoms with Gasteiger partial charge in [0.05, 0.1) is 0 Å². The normalized spacial score (nSPS) is 11.0. The van der Waals surface area contributed by atoms with Crippen molar-refractivity contribution in [1.82, 2.24) is 0 Å². The maximum absolute atomic E-state index is 10.8. The molecule has 0 heterocycles. The molecular formula is C18H26CaO6. The minimum absolute atomic E-state index is 0. The third-order valence-corrected chi connectivity index (χ3v) is 3.47. The van der Waals surface area contributed by atoms with E-state index in [1.807, 2.05) is 12.1 Å². The number of aliphatic carboxylic acids is 1. The summed E-state index contributed by atoms with van der Waals surface area (Å²) in [5, 5.41) is 35.9. The van der Waals surface area contributed by atoms with Crippen molar-refractivity contribution < 1.29 is 30.0 Å². The Balaban J connectivity index is 0. The molecule has 0 bridgehead atoms. The van der Waals surface area contributed by atoms with Gasteiger partial charge in [-0.05, 0) is 40.1 Å². The standard InChI is InChI=1S/C17H26O3.CH2O3.Ca/c1-16(2,3)12-9-11(7-8-14(18)19)15(20)13(10-12)17(4,5)6;2-1(3)4;/h9-10,20H,7-8H2,1-6H3,(H,18,19);(H2,2,3,4);/q;;+2/p-2. The van der Waals surface area contributed by atoms with E-state index in [0.29, 0.717) is 6.42 Å². The van der Waals surface area contributed by atoms with Crippen molar-refractivity contribution in [3.8, 4) is 5.75 Å². The molecule has 0 aliphatic carbocycles. The second kappa shape index (κ2) is 10.2. The van der Waals surface area contributed by atoms with Gasteiger partial charge in [-0.1, -0.05) is 53.7 Å². The summed E-state index contributed by atoms with van der Waals surface area (Å²) in [6, 6.07) is 3.98. The minimum atomic E-state index is -2.33. The molecule has 0 fully saturated rings. The first-order chi connectivity index (χ1) is 10.7. The van der Waals surface area contributed by atoms with Gasteiger partial charge in [0.25, 0.3) is 0 Å². The molecule has 2 N–H and O–H groups in total. The van der Waals surface area contributed by atoms with Gasteiger partial charge in [-0.15, -0.1) is 0 Å². The first-order valence-electron chi connectivity index (χ1n) is 7.63. The number of carboxylic acid groups (broad SMARTS) is 3. The number of hydrogen-bond donors (Lipinski definition) is 2. The molecule has 0 spiro atoms. The van der Waals surface area contributed by atoms with Gasteiger partial charge >= 0.3 is 43.7 Å². The molecule has 0 amide bonds. The average molecular weight is 378 g/mol. The average Bonchev–Trinajstić information content (AvgIpc) is 2.33. The van der Waals surface area contributed by atoms with Crippen LogP contribution in [-0.4, -0.2) is 60.1 Å². The Morgan fingerprint density at radius 2 is 1.44 bits per heavy atom. The van der Waals surface area contributed by atoms with Crippen molar-refractivity contribution in [2.24, 2.45) is 0 Å². The van der Waals surface area contributed by atoms with E-state index in [-0.39, 0.29) is 60.7 Å². The fraction of sp³-hybridized carbons (Fsp3) is 0.556. The molecule has 0 saturated heterocycles. The van der Waals surface area contributed by atoms with Crippen LogP contribution in [0.25, 0.3) is 0 Å². The van der Waals surface area contributed by atoms with E-state index in [4.69, 9.17) is 20.1 Å². The number of carbonyl (C=O) groups excluding carboxylic acids is 1. The van der Waals surface area contributed by atoms with Crippen molar-refractivity contribution in [3.63, 3.8) is 0 Å². The molecule has 0 aromatic heterocycles. The second-order valence-electron chi connectivity index (χ2n) is 7.68. The molecule has 1 aromatic carbocycles.